The molecular weight excluding hydrogens is 280 g/mol. The summed E-state index contributed by atoms with van der Waals surface area (Å²) in [7, 11) is -0.723. The van der Waals surface area contributed by atoms with Gasteiger partial charge in [-0.25, -0.2) is 0 Å². The van der Waals surface area contributed by atoms with E-state index in [1.54, 1.807) is 0 Å². The van der Waals surface area contributed by atoms with Crippen molar-refractivity contribution >= 4 is 10.8 Å². The molecule has 1 aliphatic rings. The molecule has 1 aliphatic heterocycles. The zero-order chi connectivity index (χ0) is 15.2. The molecule has 1 aromatic carbocycles. The van der Waals surface area contributed by atoms with Gasteiger partial charge >= 0.3 is 0 Å². The van der Waals surface area contributed by atoms with Crippen LogP contribution in [0.25, 0.3) is 0 Å². The largest absolute Gasteiger partial charge is 0.311 e. The van der Waals surface area contributed by atoms with E-state index in [0.29, 0.717) is 12.1 Å². The highest BCUT2D eigenvalue weighted by Gasteiger charge is 2.28. The molecule has 2 rings (SSSR count). The normalized spacial score (nSPS) is 26.4. The molecule has 0 spiro atoms. The summed E-state index contributed by atoms with van der Waals surface area (Å²) in [6.45, 7) is 7.44. The molecule has 0 radical (unpaired) electrons. The summed E-state index contributed by atoms with van der Waals surface area (Å²) in [6.07, 6.45) is 3.97. The predicted molar refractivity (Wildman–Crippen MR) is 91.0 cm³/mol. The van der Waals surface area contributed by atoms with Gasteiger partial charge in [-0.05, 0) is 18.4 Å². The molecule has 118 valence electrons. The number of hydrogen-bond donors (Lipinski definition) is 1. The maximum atomic E-state index is 11.6. The van der Waals surface area contributed by atoms with E-state index >= 15 is 0 Å². The highest BCUT2D eigenvalue weighted by Crippen LogP contribution is 2.24. The molecule has 0 aliphatic carbocycles. The average molecular weight is 308 g/mol. The quantitative estimate of drug-likeness (QED) is 0.876. The Labute approximate surface area is 131 Å². The Kier molecular flexibility index (Phi) is 6.40. The van der Waals surface area contributed by atoms with Crippen molar-refractivity contribution in [3.05, 3.63) is 35.9 Å². The van der Waals surface area contributed by atoms with E-state index in [-0.39, 0.29) is 5.25 Å². The zero-order valence-corrected chi connectivity index (χ0v) is 14.2. The van der Waals surface area contributed by atoms with Gasteiger partial charge in [-0.2, -0.15) is 0 Å². The van der Waals surface area contributed by atoms with Gasteiger partial charge in [0.1, 0.15) is 0 Å². The topological polar surface area (TPSA) is 32.3 Å². The molecule has 21 heavy (non-hydrogen) atoms. The zero-order valence-electron chi connectivity index (χ0n) is 13.4. The Morgan fingerprint density at radius 3 is 2.71 bits per heavy atom. The summed E-state index contributed by atoms with van der Waals surface area (Å²) in [5, 5.41) is 3.93. The highest BCUT2D eigenvalue weighted by molar-refractivity contribution is 7.84. The lowest BCUT2D eigenvalue weighted by Crippen LogP contribution is -2.52. The summed E-state index contributed by atoms with van der Waals surface area (Å²) >= 11 is 0. The third-order valence-electron chi connectivity index (χ3n) is 4.56. The van der Waals surface area contributed by atoms with E-state index < -0.39 is 10.8 Å². The summed E-state index contributed by atoms with van der Waals surface area (Å²) in [5.41, 5.74) is 1.38. The van der Waals surface area contributed by atoms with Gasteiger partial charge in [-0.15, -0.1) is 0 Å². The van der Waals surface area contributed by atoms with Gasteiger partial charge in [0.15, 0.2) is 0 Å². The SMILES string of the molecule is CCC1CN(CCC(C)S(C)=O)C(c2ccccc2)CN1. The Hall–Kier alpha value is -0.710. The Bertz CT molecular complexity index is 451. The second-order valence-electron chi connectivity index (χ2n) is 6.03. The van der Waals surface area contributed by atoms with Crippen LogP contribution in [-0.4, -0.2) is 46.3 Å². The predicted octanol–water partition coefficient (Wildman–Crippen LogP) is 2.57. The first-order valence-electron chi connectivity index (χ1n) is 7.96. The monoisotopic (exact) mass is 308 g/mol. The van der Waals surface area contributed by atoms with Crippen molar-refractivity contribution in [1.29, 1.82) is 0 Å². The van der Waals surface area contributed by atoms with Crippen LogP contribution in [0, 0.1) is 0 Å². The van der Waals surface area contributed by atoms with Crippen molar-refractivity contribution < 1.29 is 4.21 Å². The second-order valence-corrected chi connectivity index (χ2v) is 7.83. The minimum Gasteiger partial charge on any atom is -0.311 e. The van der Waals surface area contributed by atoms with E-state index in [4.69, 9.17) is 0 Å². The molecule has 0 bridgehead atoms. The molecule has 0 aromatic heterocycles. The van der Waals surface area contributed by atoms with Gasteiger partial charge in [-0.3, -0.25) is 9.11 Å². The van der Waals surface area contributed by atoms with E-state index in [0.717, 1.165) is 32.5 Å². The summed E-state index contributed by atoms with van der Waals surface area (Å²) < 4.78 is 11.6. The molecule has 4 unspecified atom stereocenters. The van der Waals surface area contributed by atoms with Gasteiger partial charge in [0.05, 0.1) is 0 Å². The molecule has 4 atom stereocenters. The molecular formula is C17H28N2OS. The van der Waals surface area contributed by atoms with Crippen molar-refractivity contribution in [2.75, 3.05) is 25.9 Å². The molecule has 1 saturated heterocycles. The maximum Gasteiger partial charge on any atom is 0.0473 e. The first-order valence-corrected chi connectivity index (χ1v) is 9.58. The molecule has 1 fully saturated rings. The van der Waals surface area contributed by atoms with Crippen molar-refractivity contribution in [3.8, 4) is 0 Å². The van der Waals surface area contributed by atoms with Gasteiger partial charge in [-0.1, -0.05) is 44.2 Å². The van der Waals surface area contributed by atoms with Crippen LogP contribution in [0.1, 0.15) is 38.3 Å². The van der Waals surface area contributed by atoms with E-state index in [9.17, 15) is 4.21 Å². The van der Waals surface area contributed by atoms with Gasteiger partial charge in [0.25, 0.3) is 0 Å². The van der Waals surface area contributed by atoms with Gasteiger partial charge in [0, 0.05) is 54.0 Å². The fraction of sp³-hybridized carbons (Fsp3) is 0.647. The van der Waals surface area contributed by atoms with Crippen LogP contribution >= 0.6 is 0 Å². The summed E-state index contributed by atoms with van der Waals surface area (Å²) in [6, 6.07) is 11.7. The van der Waals surface area contributed by atoms with Crippen molar-refractivity contribution in [3.63, 3.8) is 0 Å². The number of nitrogens with zero attached hydrogens (tertiary/aromatic N) is 1. The highest BCUT2D eigenvalue weighted by atomic mass is 32.2. The standard InChI is InChI=1S/C17H28N2OS/c1-4-16-13-19(11-10-14(2)21(3)20)17(12-18-16)15-8-6-5-7-9-15/h5-9,14,16-18H,4,10-13H2,1-3H3. The fourth-order valence-corrected chi connectivity index (χ4v) is 3.36. The fourth-order valence-electron chi connectivity index (χ4n) is 2.92. The molecule has 3 nitrogen and oxygen atoms in total. The smallest absolute Gasteiger partial charge is 0.0473 e. The van der Waals surface area contributed by atoms with Crippen LogP contribution in [0.3, 0.4) is 0 Å². The number of rotatable bonds is 6. The van der Waals surface area contributed by atoms with E-state index in [1.165, 1.54) is 5.56 Å². The van der Waals surface area contributed by atoms with Gasteiger partial charge in [0.2, 0.25) is 0 Å². The first kappa shape index (κ1) is 16.7. The number of piperazine rings is 1. The molecule has 1 heterocycles. The number of hydrogen-bond acceptors (Lipinski definition) is 3. The molecule has 1 N–H and O–H groups in total. The van der Waals surface area contributed by atoms with Crippen LogP contribution in [0.4, 0.5) is 0 Å². The average Bonchev–Trinajstić information content (AvgIpc) is 2.53. The van der Waals surface area contributed by atoms with Crippen LogP contribution in [0.2, 0.25) is 0 Å². The van der Waals surface area contributed by atoms with Crippen molar-refractivity contribution in [2.45, 2.75) is 44.0 Å². The van der Waals surface area contributed by atoms with E-state index in [1.807, 2.05) is 6.26 Å². The number of nitrogens with one attached hydrogen (secondary N) is 1. The van der Waals surface area contributed by atoms with Crippen LogP contribution in [-0.2, 0) is 10.8 Å². The van der Waals surface area contributed by atoms with Crippen LogP contribution in [0.15, 0.2) is 30.3 Å². The summed E-state index contributed by atoms with van der Waals surface area (Å²) in [5.74, 6) is 0. The minimum atomic E-state index is -0.723. The molecule has 1 aromatic rings. The van der Waals surface area contributed by atoms with Crippen LogP contribution in [0.5, 0.6) is 0 Å². The molecule has 0 saturated carbocycles. The lowest BCUT2D eigenvalue weighted by Gasteiger charge is -2.41. The Balaban J connectivity index is 2.05. The van der Waals surface area contributed by atoms with Crippen molar-refractivity contribution in [2.24, 2.45) is 0 Å². The maximum absolute atomic E-state index is 11.6. The third kappa shape index (κ3) is 4.63. The minimum absolute atomic E-state index is 0.274. The Morgan fingerprint density at radius 2 is 2.10 bits per heavy atom. The third-order valence-corrected chi connectivity index (χ3v) is 5.93. The van der Waals surface area contributed by atoms with E-state index in [2.05, 4.69) is 54.4 Å². The van der Waals surface area contributed by atoms with Crippen LogP contribution < -0.4 is 5.32 Å². The van der Waals surface area contributed by atoms with Crippen molar-refractivity contribution in [1.82, 2.24) is 10.2 Å². The van der Waals surface area contributed by atoms with Gasteiger partial charge < -0.3 is 5.32 Å². The molecule has 4 heteroatoms. The summed E-state index contributed by atoms with van der Waals surface area (Å²) in [4.78, 5) is 2.57. The number of benzene rings is 1. The lowest BCUT2D eigenvalue weighted by molar-refractivity contribution is 0.127. The Morgan fingerprint density at radius 1 is 1.38 bits per heavy atom. The second kappa shape index (κ2) is 8.06. The molecule has 0 amide bonds. The first-order chi connectivity index (χ1) is 10.1. The lowest BCUT2D eigenvalue weighted by atomic mass is 9.99.